The molecule has 1 aliphatic rings. The fourth-order valence-corrected chi connectivity index (χ4v) is 3.49. The molecule has 8 heteroatoms. The minimum Gasteiger partial charge on any atom is -0.318 e. The number of aromatic nitrogens is 1. The van der Waals surface area contributed by atoms with E-state index in [4.69, 9.17) is 0 Å². The highest BCUT2D eigenvalue weighted by Crippen LogP contribution is 2.21. The smallest absolute Gasteiger partial charge is 0.252 e. The third-order valence-electron chi connectivity index (χ3n) is 3.23. The number of aryl methyl sites for hydroxylation is 1. The SMILES string of the molecule is Cc1nc(CSCC(=O)N2CC(=O)NC(=O)C2(C)C)cs1. The van der Waals surface area contributed by atoms with Gasteiger partial charge < -0.3 is 4.90 Å². The predicted molar refractivity (Wildman–Crippen MR) is 82.0 cm³/mol. The lowest BCUT2D eigenvalue weighted by atomic mass is 9.99. The zero-order valence-electron chi connectivity index (χ0n) is 12.1. The van der Waals surface area contributed by atoms with Gasteiger partial charge in [0.2, 0.25) is 11.8 Å². The maximum absolute atomic E-state index is 12.3. The minimum atomic E-state index is -0.997. The van der Waals surface area contributed by atoms with E-state index >= 15 is 0 Å². The number of rotatable bonds is 4. The molecule has 1 aromatic rings. The molecular formula is C13H17N3O3S2. The maximum atomic E-state index is 12.3. The van der Waals surface area contributed by atoms with Crippen LogP contribution in [0.25, 0.3) is 0 Å². The van der Waals surface area contributed by atoms with Crippen molar-refractivity contribution >= 4 is 40.8 Å². The van der Waals surface area contributed by atoms with Crippen LogP contribution in [-0.2, 0) is 20.1 Å². The number of hydrogen-bond acceptors (Lipinski definition) is 6. The number of imide groups is 1. The molecule has 0 spiro atoms. The number of hydrogen-bond donors (Lipinski definition) is 1. The molecule has 1 fully saturated rings. The van der Waals surface area contributed by atoms with Crippen LogP contribution in [0.1, 0.15) is 24.5 Å². The molecule has 114 valence electrons. The summed E-state index contributed by atoms with van der Waals surface area (Å²) in [4.78, 5) is 41.2. The minimum absolute atomic E-state index is 0.0755. The molecule has 0 saturated carbocycles. The molecule has 3 amide bonds. The molecule has 0 aliphatic carbocycles. The van der Waals surface area contributed by atoms with Crippen molar-refractivity contribution in [2.45, 2.75) is 32.1 Å². The summed E-state index contributed by atoms with van der Waals surface area (Å²) in [6.07, 6.45) is 0. The first kappa shape index (κ1) is 16.0. The fraction of sp³-hybridized carbons (Fsp3) is 0.538. The average Bonchev–Trinajstić information content (AvgIpc) is 2.80. The Morgan fingerprint density at radius 2 is 2.24 bits per heavy atom. The van der Waals surface area contributed by atoms with E-state index in [1.165, 1.54) is 16.7 Å². The molecule has 0 aromatic carbocycles. The first-order valence-corrected chi connectivity index (χ1v) is 8.47. The van der Waals surface area contributed by atoms with Crippen molar-refractivity contribution in [3.8, 4) is 0 Å². The van der Waals surface area contributed by atoms with Crippen LogP contribution in [0.5, 0.6) is 0 Å². The second-order valence-electron chi connectivity index (χ2n) is 5.27. The van der Waals surface area contributed by atoms with Gasteiger partial charge in [-0.25, -0.2) is 4.98 Å². The zero-order chi connectivity index (χ0) is 15.6. The molecule has 1 aliphatic heterocycles. The Labute approximate surface area is 131 Å². The van der Waals surface area contributed by atoms with Gasteiger partial charge in [-0.15, -0.1) is 23.1 Å². The number of piperazine rings is 1. The first-order chi connectivity index (χ1) is 9.80. The Bertz CT molecular complexity index is 583. The van der Waals surface area contributed by atoms with Crippen LogP contribution in [0.4, 0.5) is 0 Å². The molecule has 2 heterocycles. The van der Waals surface area contributed by atoms with E-state index < -0.39 is 17.4 Å². The first-order valence-electron chi connectivity index (χ1n) is 6.44. The molecule has 6 nitrogen and oxygen atoms in total. The van der Waals surface area contributed by atoms with Gasteiger partial charge in [0.25, 0.3) is 5.91 Å². The maximum Gasteiger partial charge on any atom is 0.252 e. The van der Waals surface area contributed by atoms with Crippen LogP contribution in [0.2, 0.25) is 0 Å². The molecule has 1 saturated heterocycles. The number of thiazole rings is 1. The van der Waals surface area contributed by atoms with Crippen LogP contribution >= 0.6 is 23.1 Å². The Kier molecular flexibility index (Phi) is 4.67. The topological polar surface area (TPSA) is 79.4 Å². The summed E-state index contributed by atoms with van der Waals surface area (Å²) in [6.45, 7) is 5.14. The van der Waals surface area contributed by atoms with Crippen molar-refractivity contribution in [1.29, 1.82) is 0 Å². The summed E-state index contributed by atoms with van der Waals surface area (Å²) in [5, 5.41) is 5.22. The Balaban J connectivity index is 1.92. The van der Waals surface area contributed by atoms with Crippen molar-refractivity contribution in [1.82, 2.24) is 15.2 Å². The van der Waals surface area contributed by atoms with E-state index in [2.05, 4.69) is 10.3 Å². The lowest BCUT2D eigenvalue weighted by Gasteiger charge is -2.40. The quantitative estimate of drug-likeness (QED) is 0.833. The lowest BCUT2D eigenvalue weighted by molar-refractivity contribution is -0.154. The van der Waals surface area contributed by atoms with Gasteiger partial charge >= 0.3 is 0 Å². The highest BCUT2D eigenvalue weighted by atomic mass is 32.2. The van der Waals surface area contributed by atoms with Crippen LogP contribution in [-0.4, -0.2) is 45.4 Å². The monoisotopic (exact) mass is 327 g/mol. The molecule has 0 radical (unpaired) electrons. The van der Waals surface area contributed by atoms with Gasteiger partial charge in [0, 0.05) is 11.1 Å². The van der Waals surface area contributed by atoms with Gasteiger partial charge in [0.15, 0.2) is 0 Å². The Morgan fingerprint density at radius 1 is 1.52 bits per heavy atom. The van der Waals surface area contributed by atoms with E-state index in [-0.39, 0.29) is 18.2 Å². The van der Waals surface area contributed by atoms with Crippen molar-refractivity contribution < 1.29 is 14.4 Å². The summed E-state index contributed by atoms with van der Waals surface area (Å²) in [5.74, 6) is -0.217. The second kappa shape index (κ2) is 6.15. The zero-order valence-corrected chi connectivity index (χ0v) is 13.8. The van der Waals surface area contributed by atoms with Crippen molar-refractivity contribution in [3.05, 3.63) is 16.1 Å². The summed E-state index contributed by atoms with van der Waals surface area (Å²) < 4.78 is 0. The molecule has 1 N–H and O–H groups in total. The number of amides is 3. The van der Waals surface area contributed by atoms with Gasteiger partial charge in [0.1, 0.15) is 12.1 Å². The number of carbonyl (C=O) groups is 3. The average molecular weight is 327 g/mol. The van der Waals surface area contributed by atoms with Crippen LogP contribution in [0, 0.1) is 6.92 Å². The molecule has 1 aromatic heterocycles. The molecule has 0 unspecified atom stereocenters. The fourth-order valence-electron chi connectivity index (χ4n) is 1.98. The highest BCUT2D eigenvalue weighted by molar-refractivity contribution is 7.99. The van der Waals surface area contributed by atoms with E-state index in [0.717, 1.165) is 10.7 Å². The molecule has 2 rings (SSSR count). The standard InChI is InChI=1S/C13H17N3O3S2/c1-8-14-9(6-21-8)5-20-7-11(18)16-4-10(17)15-12(19)13(16,2)3/h6H,4-5,7H2,1-3H3,(H,15,17,19). The van der Waals surface area contributed by atoms with Gasteiger partial charge in [0.05, 0.1) is 16.5 Å². The molecular weight excluding hydrogens is 310 g/mol. The van der Waals surface area contributed by atoms with Gasteiger partial charge in [-0.1, -0.05) is 0 Å². The highest BCUT2D eigenvalue weighted by Gasteiger charge is 2.43. The molecule has 0 atom stereocenters. The number of carbonyl (C=O) groups excluding carboxylic acids is 3. The van der Waals surface area contributed by atoms with Crippen molar-refractivity contribution in [3.63, 3.8) is 0 Å². The van der Waals surface area contributed by atoms with Crippen molar-refractivity contribution in [2.75, 3.05) is 12.3 Å². The number of nitrogens with zero attached hydrogens (tertiary/aromatic N) is 2. The second-order valence-corrected chi connectivity index (χ2v) is 7.31. The van der Waals surface area contributed by atoms with E-state index in [0.29, 0.717) is 5.75 Å². The Morgan fingerprint density at radius 3 is 2.86 bits per heavy atom. The number of nitrogens with one attached hydrogen (secondary N) is 1. The normalized spacial score (nSPS) is 17.8. The summed E-state index contributed by atoms with van der Waals surface area (Å²) in [5.41, 5.74) is -0.0509. The van der Waals surface area contributed by atoms with Crippen LogP contribution < -0.4 is 5.32 Å². The van der Waals surface area contributed by atoms with Crippen LogP contribution in [0.3, 0.4) is 0 Å². The van der Waals surface area contributed by atoms with Gasteiger partial charge in [-0.2, -0.15) is 0 Å². The summed E-state index contributed by atoms with van der Waals surface area (Å²) in [7, 11) is 0. The van der Waals surface area contributed by atoms with Gasteiger partial charge in [-0.3, -0.25) is 19.7 Å². The van der Waals surface area contributed by atoms with E-state index in [1.54, 1.807) is 25.2 Å². The lowest BCUT2D eigenvalue weighted by Crippen LogP contribution is -2.65. The van der Waals surface area contributed by atoms with E-state index in [1.807, 2.05) is 12.3 Å². The third-order valence-corrected chi connectivity index (χ3v) is 5.00. The Hall–Kier alpha value is -1.41. The van der Waals surface area contributed by atoms with Gasteiger partial charge in [-0.05, 0) is 20.8 Å². The summed E-state index contributed by atoms with van der Waals surface area (Å²) >= 11 is 3.01. The molecule has 21 heavy (non-hydrogen) atoms. The molecule has 0 bridgehead atoms. The van der Waals surface area contributed by atoms with E-state index in [9.17, 15) is 14.4 Å². The predicted octanol–water partition coefficient (Wildman–Crippen LogP) is 0.948. The van der Waals surface area contributed by atoms with Crippen LogP contribution in [0.15, 0.2) is 5.38 Å². The summed E-state index contributed by atoms with van der Waals surface area (Å²) in [6, 6.07) is 0. The largest absolute Gasteiger partial charge is 0.318 e. The third kappa shape index (κ3) is 3.62. The van der Waals surface area contributed by atoms with Crippen molar-refractivity contribution in [2.24, 2.45) is 0 Å². The number of thioether (sulfide) groups is 1.